The predicted molar refractivity (Wildman–Crippen MR) is 102 cm³/mol. The molecule has 0 fully saturated rings. The van der Waals surface area contributed by atoms with Crippen molar-refractivity contribution in [2.45, 2.75) is 33.8 Å². The molecule has 0 saturated heterocycles. The zero-order valence-corrected chi connectivity index (χ0v) is 15.9. The van der Waals surface area contributed by atoms with E-state index >= 15 is 0 Å². The van der Waals surface area contributed by atoms with Gasteiger partial charge in [0.05, 0.1) is 19.8 Å². The number of hydrogen-bond donors (Lipinski definition) is 0. The van der Waals surface area contributed by atoms with E-state index in [4.69, 9.17) is 14.2 Å². The Hall–Kier alpha value is -2.93. The molecule has 0 unspecified atom stereocenters. The molecule has 4 heteroatoms. The van der Waals surface area contributed by atoms with E-state index in [9.17, 15) is 4.79 Å². The number of ether oxygens (including phenoxy) is 3. The molecule has 0 aromatic heterocycles. The Balaban J connectivity index is 2.39. The fourth-order valence-corrected chi connectivity index (χ4v) is 2.47. The molecule has 0 bridgehead atoms. The number of carbonyl (C=O) groups is 1. The summed E-state index contributed by atoms with van der Waals surface area (Å²) >= 11 is 0. The van der Waals surface area contributed by atoms with E-state index < -0.39 is 0 Å². The Labute approximate surface area is 155 Å². The van der Waals surface area contributed by atoms with Crippen LogP contribution in [-0.4, -0.2) is 26.1 Å². The van der Waals surface area contributed by atoms with Crippen LogP contribution in [0, 0.1) is 18.8 Å². The highest BCUT2D eigenvalue weighted by molar-refractivity contribution is 5.81. The summed E-state index contributed by atoms with van der Waals surface area (Å²) in [6.07, 6.45) is 0.757. The molecule has 2 rings (SSSR count). The Morgan fingerprint density at radius 3 is 2.42 bits per heavy atom. The van der Waals surface area contributed by atoms with Crippen LogP contribution in [-0.2, 0) is 0 Å². The molecule has 0 spiro atoms. The summed E-state index contributed by atoms with van der Waals surface area (Å²) in [6.45, 7) is 8.39. The third kappa shape index (κ3) is 4.80. The lowest BCUT2D eigenvalue weighted by molar-refractivity contribution is 0.112. The standard InChI is InChI=1S/C22H24O4/c1-6-25-20-10-8-17(11-16(20)4)7-9-18-12-21(24-5)22(26-15(2)3)13-19(18)14-23/h8,10-15H,6H2,1-5H3. The van der Waals surface area contributed by atoms with E-state index in [0.29, 0.717) is 29.2 Å². The van der Waals surface area contributed by atoms with Crippen molar-refractivity contribution in [1.29, 1.82) is 0 Å². The maximum atomic E-state index is 11.5. The maximum absolute atomic E-state index is 11.5. The van der Waals surface area contributed by atoms with Gasteiger partial charge in [-0.25, -0.2) is 0 Å². The zero-order valence-electron chi connectivity index (χ0n) is 15.9. The average Bonchev–Trinajstić information content (AvgIpc) is 2.61. The molecule has 26 heavy (non-hydrogen) atoms. The Bertz CT molecular complexity index is 841. The topological polar surface area (TPSA) is 44.8 Å². The van der Waals surface area contributed by atoms with Gasteiger partial charge in [-0.1, -0.05) is 11.8 Å². The third-order valence-corrected chi connectivity index (χ3v) is 3.64. The first-order valence-corrected chi connectivity index (χ1v) is 8.57. The number of methoxy groups -OCH3 is 1. The highest BCUT2D eigenvalue weighted by Gasteiger charge is 2.11. The van der Waals surface area contributed by atoms with E-state index in [0.717, 1.165) is 23.2 Å². The second-order valence-corrected chi connectivity index (χ2v) is 6.04. The molecule has 0 aliphatic rings. The maximum Gasteiger partial charge on any atom is 0.162 e. The molecule has 136 valence electrons. The Morgan fingerprint density at radius 1 is 1.08 bits per heavy atom. The lowest BCUT2D eigenvalue weighted by Crippen LogP contribution is -2.07. The first kappa shape index (κ1) is 19.4. The van der Waals surface area contributed by atoms with Crippen molar-refractivity contribution in [2.24, 2.45) is 0 Å². The second-order valence-electron chi connectivity index (χ2n) is 6.04. The molecule has 0 saturated carbocycles. The van der Waals surface area contributed by atoms with Gasteiger partial charge in [0, 0.05) is 22.8 Å². The van der Waals surface area contributed by atoms with Gasteiger partial charge in [-0.05, 0) is 57.5 Å². The van der Waals surface area contributed by atoms with Crippen molar-refractivity contribution in [3.05, 3.63) is 52.6 Å². The van der Waals surface area contributed by atoms with Gasteiger partial charge in [0.15, 0.2) is 17.8 Å². The predicted octanol–water partition coefficient (Wildman–Crippen LogP) is 4.40. The van der Waals surface area contributed by atoms with Crippen LogP contribution in [0.3, 0.4) is 0 Å². The molecule has 0 N–H and O–H groups in total. The molecule has 2 aromatic rings. The number of aldehydes is 1. The highest BCUT2D eigenvalue weighted by Crippen LogP contribution is 2.31. The summed E-state index contributed by atoms with van der Waals surface area (Å²) in [5.41, 5.74) is 2.94. The number of rotatable bonds is 6. The molecule has 0 atom stereocenters. The van der Waals surface area contributed by atoms with Crippen molar-refractivity contribution in [3.63, 3.8) is 0 Å². The van der Waals surface area contributed by atoms with Crippen LogP contribution in [0.15, 0.2) is 30.3 Å². The zero-order chi connectivity index (χ0) is 19.1. The molecule has 0 heterocycles. The summed E-state index contributed by atoms with van der Waals surface area (Å²) in [6, 6.07) is 9.17. The quantitative estimate of drug-likeness (QED) is 0.571. The van der Waals surface area contributed by atoms with E-state index in [1.165, 1.54) is 0 Å². The minimum absolute atomic E-state index is 0.0211. The summed E-state index contributed by atoms with van der Waals surface area (Å²) in [7, 11) is 1.57. The van der Waals surface area contributed by atoms with Gasteiger partial charge in [0.2, 0.25) is 0 Å². The van der Waals surface area contributed by atoms with Crippen molar-refractivity contribution < 1.29 is 19.0 Å². The first-order valence-electron chi connectivity index (χ1n) is 8.57. The second kappa shape index (κ2) is 8.96. The van der Waals surface area contributed by atoms with Crippen LogP contribution in [0.5, 0.6) is 17.2 Å². The number of aryl methyl sites for hydroxylation is 1. The number of hydrogen-bond acceptors (Lipinski definition) is 4. The largest absolute Gasteiger partial charge is 0.494 e. The van der Waals surface area contributed by atoms with Crippen molar-refractivity contribution in [3.8, 4) is 29.1 Å². The average molecular weight is 352 g/mol. The minimum atomic E-state index is -0.0211. The van der Waals surface area contributed by atoms with E-state index in [-0.39, 0.29) is 6.10 Å². The van der Waals surface area contributed by atoms with Crippen molar-refractivity contribution in [1.82, 2.24) is 0 Å². The highest BCUT2D eigenvalue weighted by atomic mass is 16.5. The molecule has 0 aliphatic heterocycles. The number of benzene rings is 2. The summed E-state index contributed by atoms with van der Waals surface area (Å²) in [5.74, 6) is 8.09. The van der Waals surface area contributed by atoms with Gasteiger partial charge in [-0.15, -0.1) is 0 Å². The molecule has 2 aromatic carbocycles. The van der Waals surface area contributed by atoms with Gasteiger partial charge in [-0.2, -0.15) is 0 Å². The normalized spacial score (nSPS) is 10.1. The van der Waals surface area contributed by atoms with Crippen LogP contribution in [0.4, 0.5) is 0 Å². The van der Waals surface area contributed by atoms with Gasteiger partial charge < -0.3 is 14.2 Å². The first-order chi connectivity index (χ1) is 12.5. The van der Waals surface area contributed by atoms with Crippen LogP contribution in [0.1, 0.15) is 47.8 Å². The molecule has 0 amide bonds. The molecule has 4 nitrogen and oxygen atoms in total. The summed E-state index contributed by atoms with van der Waals surface area (Å²) in [4.78, 5) is 11.5. The number of carbonyl (C=O) groups excluding carboxylic acids is 1. The molecule has 0 aliphatic carbocycles. The lowest BCUT2D eigenvalue weighted by Gasteiger charge is -2.14. The smallest absolute Gasteiger partial charge is 0.162 e. The molecular formula is C22H24O4. The fourth-order valence-electron chi connectivity index (χ4n) is 2.47. The van der Waals surface area contributed by atoms with Crippen LogP contribution in [0.2, 0.25) is 0 Å². The van der Waals surface area contributed by atoms with E-state index in [2.05, 4.69) is 11.8 Å². The van der Waals surface area contributed by atoms with Gasteiger partial charge >= 0.3 is 0 Å². The lowest BCUT2D eigenvalue weighted by atomic mass is 10.1. The third-order valence-electron chi connectivity index (χ3n) is 3.64. The van der Waals surface area contributed by atoms with Crippen LogP contribution >= 0.6 is 0 Å². The van der Waals surface area contributed by atoms with Gasteiger partial charge in [-0.3, -0.25) is 4.79 Å². The Kier molecular flexibility index (Phi) is 6.68. The fraction of sp³-hybridized carbons (Fsp3) is 0.318. The molecule has 0 radical (unpaired) electrons. The minimum Gasteiger partial charge on any atom is -0.494 e. The van der Waals surface area contributed by atoms with Crippen LogP contribution in [0.25, 0.3) is 0 Å². The monoisotopic (exact) mass is 352 g/mol. The summed E-state index contributed by atoms with van der Waals surface area (Å²) < 4.78 is 16.6. The van der Waals surface area contributed by atoms with Gasteiger partial charge in [0.25, 0.3) is 0 Å². The van der Waals surface area contributed by atoms with E-state index in [1.54, 1.807) is 19.2 Å². The van der Waals surface area contributed by atoms with E-state index in [1.807, 2.05) is 45.9 Å². The van der Waals surface area contributed by atoms with Gasteiger partial charge in [0.1, 0.15) is 5.75 Å². The van der Waals surface area contributed by atoms with Crippen molar-refractivity contribution >= 4 is 6.29 Å². The SMILES string of the molecule is CCOc1ccc(C#Cc2cc(OC)c(OC(C)C)cc2C=O)cc1C. The molecular weight excluding hydrogens is 328 g/mol. The van der Waals surface area contributed by atoms with Crippen molar-refractivity contribution in [2.75, 3.05) is 13.7 Å². The van der Waals surface area contributed by atoms with Crippen LogP contribution < -0.4 is 14.2 Å². The Morgan fingerprint density at radius 2 is 1.85 bits per heavy atom. The summed E-state index contributed by atoms with van der Waals surface area (Å²) in [5, 5.41) is 0.